The summed E-state index contributed by atoms with van der Waals surface area (Å²) in [6.07, 6.45) is 5.90. The zero-order chi connectivity index (χ0) is 19.1. The van der Waals surface area contributed by atoms with Crippen LogP contribution in [0.15, 0.2) is 30.3 Å². The Morgan fingerprint density at radius 3 is 2.24 bits per heavy atom. The lowest BCUT2D eigenvalue weighted by atomic mass is 10.1. The van der Waals surface area contributed by atoms with E-state index < -0.39 is 26.4 Å². The van der Waals surface area contributed by atoms with E-state index in [1.807, 2.05) is 0 Å². The van der Waals surface area contributed by atoms with Crippen molar-refractivity contribution in [3.05, 3.63) is 35.2 Å². The summed E-state index contributed by atoms with van der Waals surface area (Å²) in [7, 11) is -6.62. The van der Waals surface area contributed by atoms with Crippen LogP contribution in [0.4, 0.5) is 13.2 Å². The zero-order valence-corrected chi connectivity index (χ0v) is 15.4. The lowest BCUT2D eigenvalue weighted by Crippen LogP contribution is -1.98. The second kappa shape index (κ2) is 9.51. The Balaban J connectivity index is 0.000000550. The summed E-state index contributed by atoms with van der Waals surface area (Å²) >= 11 is 0. The van der Waals surface area contributed by atoms with Gasteiger partial charge in [-0.2, -0.15) is 0 Å². The molecule has 0 bridgehead atoms. The molecule has 1 unspecified atom stereocenters. The van der Waals surface area contributed by atoms with E-state index in [-0.39, 0.29) is 0 Å². The van der Waals surface area contributed by atoms with Crippen LogP contribution in [0.25, 0.3) is 10.1 Å². The van der Waals surface area contributed by atoms with Gasteiger partial charge in [0, 0.05) is 17.9 Å². The fraction of sp³-hybridized carbons (Fsp3) is 0.500. The first kappa shape index (κ1) is 21.9. The average molecular weight is 398 g/mol. The molecule has 1 heterocycles. The second-order valence-electron chi connectivity index (χ2n) is 5.49. The van der Waals surface area contributed by atoms with Crippen molar-refractivity contribution >= 4 is 31.0 Å². The molecule has 1 N–H and O–H groups in total. The zero-order valence-electron chi connectivity index (χ0n) is 13.8. The monoisotopic (exact) mass is 398 g/mol. The highest BCUT2D eigenvalue weighted by atomic mass is 32.3. The SMILES string of the molecule is CCCCCCCc1cc2ccccc2[s+]1C(F)(F)F.O=S(=O)([O-])O. The first-order valence-electron chi connectivity index (χ1n) is 7.83. The maximum absolute atomic E-state index is 13.3. The van der Waals surface area contributed by atoms with Gasteiger partial charge in [-0.05, 0) is 18.6 Å². The van der Waals surface area contributed by atoms with Gasteiger partial charge in [0.25, 0.3) is 0 Å². The van der Waals surface area contributed by atoms with Crippen LogP contribution in [0.3, 0.4) is 0 Å². The molecule has 142 valence electrons. The minimum absolute atomic E-state index is 0.448. The van der Waals surface area contributed by atoms with Gasteiger partial charge in [-0.25, -0.2) is 8.42 Å². The van der Waals surface area contributed by atoms with Crippen LogP contribution in [0.2, 0.25) is 0 Å². The third kappa shape index (κ3) is 8.17. The number of rotatable bonds is 6. The summed E-state index contributed by atoms with van der Waals surface area (Å²) in [6.45, 7) is 2.14. The Morgan fingerprint density at radius 1 is 1.12 bits per heavy atom. The van der Waals surface area contributed by atoms with Crippen LogP contribution >= 0.6 is 10.5 Å². The summed E-state index contributed by atoms with van der Waals surface area (Å²) in [5.74, 6) is 0. The van der Waals surface area contributed by atoms with Gasteiger partial charge in [0.2, 0.25) is 10.4 Å². The number of hydrogen-bond acceptors (Lipinski definition) is 3. The van der Waals surface area contributed by atoms with Gasteiger partial charge in [-0.1, -0.05) is 44.7 Å². The smallest absolute Gasteiger partial charge is 0.600 e. The van der Waals surface area contributed by atoms with E-state index in [1.54, 1.807) is 30.3 Å². The lowest BCUT2D eigenvalue weighted by Gasteiger charge is -2.01. The molecule has 0 aliphatic rings. The van der Waals surface area contributed by atoms with Gasteiger partial charge in [0.1, 0.15) is 0 Å². The molecular weight excluding hydrogens is 377 g/mol. The predicted molar refractivity (Wildman–Crippen MR) is 92.5 cm³/mol. The molecule has 0 aliphatic carbocycles. The molecule has 2 rings (SSSR count). The predicted octanol–water partition coefficient (Wildman–Crippen LogP) is 5.58. The Bertz CT molecular complexity index is 759. The number of benzene rings is 1. The van der Waals surface area contributed by atoms with Gasteiger partial charge >= 0.3 is 5.51 Å². The molecule has 0 fully saturated rings. The fourth-order valence-corrected chi connectivity index (χ4v) is 4.51. The number of halogens is 3. The summed E-state index contributed by atoms with van der Waals surface area (Å²) in [6, 6.07) is 8.66. The molecule has 25 heavy (non-hydrogen) atoms. The quantitative estimate of drug-likeness (QED) is 0.298. The Kier molecular flexibility index (Phi) is 8.33. The Labute approximate surface area is 148 Å². The third-order valence-electron chi connectivity index (χ3n) is 3.48. The average Bonchev–Trinajstić information content (AvgIpc) is 2.83. The lowest BCUT2D eigenvalue weighted by molar-refractivity contribution is -0.0867. The van der Waals surface area contributed by atoms with Crippen LogP contribution in [-0.4, -0.2) is 17.5 Å². The van der Waals surface area contributed by atoms with Crippen molar-refractivity contribution in [2.45, 2.75) is 51.0 Å². The molecule has 0 spiro atoms. The largest absolute Gasteiger partial charge is 0.726 e. The van der Waals surface area contributed by atoms with E-state index in [0.717, 1.165) is 31.1 Å². The summed E-state index contributed by atoms with van der Waals surface area (Å²) < 4.78 is 73.2. The van der Waals surface area contributed by atoms with Gasteiger partial charge in [-0.15, -0.1) is 13.2 Å². The number of thiophene rings is 1. The van der Waals surface area contributed by atoms with Crippen molar-refractivity contribution in [1.29, 1.82) is 0 Å². The molecule has 1 atom stereocenters. The summed E-state index contributed by atoms with van der Waals surface area (Å²) in [4.78, 5) is 0.565. The maximum Gasteiger partial charge on any atom is 0.600 e. The van der Waals surface area contributed by atoms with Crippen LogP contribution in [0.5, 0.6) is 0 Å². The van der Waals surface area contributed by atoms with E-state index in [0.29, 0.717) is 16.0 Å². The van der Waals surface area contributed by atoms with E-state index in [1.165, 1.54) is 6.42 Å². The van der Waals surface area contributed by atoms with Crippen molar-refractivity contribution in [3.63, 3.8) is 0 Å². The normalized spacial score (nSPS) is 12.8. The van der Waals surface area contributed by atoms with E-state index in [9.17, 15) is 13.2 Å². The molecule has 2 aromatic rings. The fourth-order valence-electron chi connectivity index (χ4n) is 2.51. The number of hydrogen-bond donors (Lipinski definition) is 1. The molecule has 1 aromatic carbocycles. The molecule has 0 saturated carbocycles. The van der Waals surface area contributed by atoms with Gasteiger partial charge < -0.3 is 4.55 Å². The highest BCUT2D eigenvalue weighted by Gasteiger charge is 2.47. The number of fused-ring (bicyclic) bond motifs is 1. The second-order valence-corrected chi connectivity index (χ2v) is 8.39. The number of alkyl halides is 3. The minimum Gasteiger partial charge on any atom is -0.726 e. The molecule has 9 heteroatoms. The van der Waals surface area contributed by atoms with E-state index in [2.05, 4.69) is 6.92 Å². The van der Waals surface area contributed by atoms with Crippen molar-refractivity contribution in [1.82, 2.24) is 0 Å². The van der Waals surface area contributed by atoms with Crippen LogP contribution in [0, 0.1) is 0 Å². The van der Waals surface area contributed by atoms with Crippen molar-refractivity contribution in [2.24, 2.45) is 0 Å². The minimum atomic E-state index is -4.92. The maximum atomic E-state index is 13.3. The van der Waals surface area contributed by atoms with Crippen LogP contribution in [-0.2, 0) is 22.3 Å². The van der Waals surface area contributed by atoms with Crippen molar-refractivity contribution in [2.75, 3.05) is 0 Å². The summed E-state index contributed by atoms with van der Waals surface area (Å²) in [5, 5.41) is 0.747. The molecule has 0 radical (unpaired) electrons. The van der Waals surface area contributed by atoms with Crippen molar-refractivity contribution in [3.8, 4) is 0 Å². The molecule has 0 aliphatic heterocycles. The molecule has 4 nitrogen and oxygen atoms in total. The van der Waals surface area contributed by atoms with Crippen LogP contribution in [0.1, 0.15) is 43.9 Å². The first-order valence-corrected chi connectivity index (χ1v) is 10.4. The van der Waals surface area contributed by atoms with E-state index >= 15 is 0 Å². The standard InChI is InChI=1S/C16H20F3S.H2O4S/c1-2-3-4-5-6-10-14-12-13-9-7-8-11-15(13)20(14)16(17,18)19;1-5(2,3)4/h7-9,11-12H,2-6,10H2,1H3;(H2,1,2,3,4)/q+1;/p-1. The van der Waals surface area contributed by atoms with Gasteiger partial charge in [0.15, 0.2) is 9.58 Å². The molecule has 0 amide bonds. The highest BCUT2D eigenvalue weighted by molar-refractivity contribution is 7.79. The Hall–Kier alpha value is -1.16. The van der Waals surface area contributed by atoms with Gasteiger partial charge in [-0.3, -0.25) is 4.55 Å². The highest BCUT2D eigenvalue weighted by Crippen LogP contribution is 2.51. The molecule has 1 aromatic heterocycles. The first-order chi connectivity index (χ1) is 11.5. The molecule has 0 saturated heterocycles. The molecular formula is C16H21F3O4S2. The van der Waals surface area contributed by atoms with E-state index in [4.69, 9.17) is 17.5 Å². The van der Waals surface area contributed by atoms with Crippen molar-refractivity contribution < 1.29 is 30.7 Å². The van der Waals surface area contributed by atoms with Crippen LogP contribution < -0.4 is 0 Å². The van der Waals surface area contributed by atoms with Gasteiger partial charge in [0.05, 0.1) is 10.5 Å². The number of aryl methyl sites for hydroxylation is 1. The summed E-state index contributed by atoms with van der Waals surface area (Å²) in [5.41, 5.74) is -4.15. The Morgan fingerprint density at radius 2 is 1.68 bits per heavy atom. The number of unbranched alkanes of at least 4 members (excludes halogenated alkanes) is 4. The topological polar surface area (TPSA) is 77.4 Å². The third-order valence-corrected chi connectivity index (χ3v) is 5.60.